The summed E-state index contributed by atoms with van der Waals surface area (Å²) in [7, 11) is 3.19. The van der Waals surface area contributed by atoms with E-state index in [-0.39, 0.29) is 16.8 Å². The van der Waals surface area contributed by atoms with Crippen molar-refractivity contribution in [3.05, 3.63) is 69.8 Å². The number of nitrogens with one attached hydrogen (secondary N) is 3. The van der Waals surface area contributed by atoms with Gasteiger partial charge in [0.05, 0.1) is 13.7 Å². The third kappa shape index (κ3) is 5.36. The van der Waals surface area contributed by atoms with Crippen molar-refractivity contribution in [1.82, 2.24) is 20.5 Å². The fourth-order valence-electron chi connectivity index (χ4n) is 3.35. The highest BCUT2D eigenvalue weighted by atomic mass is 32.1. The van der Waals surface area contributed by atoms with Gasteiger partial charge in [0.2, 0.25) is 5.01 Å². The SMILES string of the molecule is COCc1nnc(C(=O)Nc2cccc(C(=O)NCCc3c[nH]c4ccc(OC)cc34)c2)s1. The van der Waals surface area contributed by atoms with Crippen LogP contribution >= 0.6 is 11.3 Å². The van der Waals surface area contributed by atoms with Gasteiger partial charge in [-0.15, -0.1) is 10.2 Å². The second-order valence-corrected chi connectivity index (χ2v) is 8.26. The van der Waals surface area contributed by atoms with Crippen molar-refractivity contribution >= 4 is 39.7 Å². The Kier molecular flexibility index (Phi) is 6.96. The van der Waals surface area contributed by atoms with Gasteiger partial charge in [-0.1, -0.05) is 17.4 Å². The van der Waals surface area contributed by atoms with Gasteiger partial charge in [0, 0.05) is 42.0 Å². The maximum Gasteiger partial charge on any atom is 0.286 e. The maximum absolute atomic E-state index is 12.6. The Morgan fingerprint density at radius 3 is 2.79 bits per heavy atom. The van der Waals surface area contributed by atoms with Gasteiger partial charge in [-0.05, 0) is 48.4 Å². The molecule has 9 nitrogen and oxygen atoms in total. The van der Waals surface area contributed by atoms with Crippen LogP contribution < -0.4 is 15.4 Å². The molecule has 4 rings (SSSR count). The van der Waals surface area contributed by atoms with Crippen LogP contribution in [0, 0.1) is 0 Å². The third-order valence-electron chi connectivity index (χ3n) is 4.97. The standard InChI is InChI=1S/C23H23N5O4S/c1-31-13-20-27-28-23(33-20)22(30)26-16-5-3-4-14(10-16)21(29)24-9-8-15-12-25-19-7-6-17(32-2)11-18(15)19/h3-7,10-12,25H,8-9,13H2,1-2H3,(H,24,29)(H,26,30). The molecule has 0 fully saturated rings. The second kappa shape index (κ2) is 10.2. The van der Waals surface area contributed by atoms with Gasteiger partial charge >= 0.3 is 0 Å². The summed E-state index contributed by atoms with van der Waals surface area (Å²) in [4.78, 5) is 28.3. The summed E-state index contributed by atoms with van der Waals surface area (Å²) in [5, 5.41) is 15.4. The van der Waals surface area contributed by atoms with Crippen molar-refractivity contribution in [2.75, 3.05) is 26.1 Å². The highest BCUT2D eigenvalue weighted by molar-refractivity contribution is 7.13. The lowest BCUT2D eigenvalue weighted by Gasteiger charge is -2.08. The molecule has 0 atom stereocenters. The molecule has 4 aromatic rings. The first-order chi connectivity index (χ1) is 16.1. The number of fused-ring (bicyclic) bond motifs is 1. The van der Waals surface area contributed by atoms with Crippen LogP contribution in [0.5, 0.6) is 5.75 Å². The van der Waals surface area contributed by atoms with E-state index in [2.05, 4.69) is 25.8 Å². The molecule has 2 heterocycles. The van der Waals surface area contributed by atoms with Crippen molar-refractivity contribution in [2.24, 2.45) is 0 Å². The molecule has 170 valence electrons. The molecule has 10 heteroatoms. The number of H-pyrrole nitrogens is 1. The van der Waals surface area contributed by atoms with E-state index in [0.29, 0.717) is 35.8 Å². The molecular weight excluding hydrogens is 442 g/mol. The van der Waals surface area contributed by atoms with Crippen molar-refractivity contribution in [3.8, 4) is 5.75 Å². The molecule has 33 heavy (non-hydrogen) atoms. The summed E-state index contributed by atoms with van der Waals surface area (Å²) in [5.41, 5.74) is 3.06. The molecule has 3 N–H and O–H groups in total. The van der Waals surface area contributed by atoms with Gasteiger partial charge in [0.1, 0.15) is 10.8 Å². The first kappa shape index (κ1) is 22.4. The Labute approximate surface area is 194 Å². The predicted octanol–water partition coefficient (Wildman–Crippen LogP) is 3.40. The first-order valence-corrected chi connectivity index (χ1v) is 11.0. The number of carbonyl (C=O) groups excluding carboxylic acids is 2. The summed E-state index contributed by atoms with van der Waals surface area (Å²) >= 11 is 1.16. The van der Waals surface area contributed by atoms with Crippen LogP contribution in [0.3, 0.4) is 0 Å². The maximum atomic E-state index is 12.6. The molecule has 0 radical (unpaired) electrons. The molecular formula is C23H23N5O4S. The largest absolute Gasteiger partial charge is 0.497 e. The minimum atomic E-state index is -0.387. The normalized spacial score (nSPS) is 10.8. The molecule has 0 aliphatic heterocycles. The smallest absolute Gasteiger partial charge is 0.286 e. The van der Waals surface area contributed by atoms with Crippen LogP contribution in [0.25, 0.3) is 10.9 Å². The zero-order valence-electron chi connectivity index (χ0n) is 18.2. The average Bonchev–Trinajstić information content (AvgIpc) is 3.46. The highest BCUT2D eigenvalue weighted by Gasteiger charge is 2.14. The van der Waals surface area contributed by atoms with E-state index in [1.165, 1.54) is 0 Å². The quantitative estimate of drug-likeness (QED) is 0.349. The lowest BCUT2D eigenvalue weighted by molar-refractivity contribution is 0.0952. The zero-order valence-corrected chi connectivity index (χ0v) is 19.0. The molecule has 2 aromatic heterocycles. The van der Waals surface area contributed by atoms with Crippen molar-refractivity contribution < 1.29 is 19.1 Å². The van der Waals surface area contributed by atoms with Crippen LogP contribution in [0.4, 0.5) is 5.69 Å². The highest BCUT2D eigenvalue weighted by Crippen LogP contribution is 2.24. The first-order valence-electron chi connectivity index (χ1n) is 10.2. The fourth-order valence-corrected chi connectivity index (χ4v) is 4.06. The molecule has 0 saturated heterocycles. The van der Waals surface area contributed by atoms with Gasteiger partial charge in [-0.3, -0.25) is 9.59 Å². The van der Waals surface area contributed by atoms with Crippen LogP contribution in [0.2, 0.25) is 0 Å². The summed E-state index contributed by atoms with van der Waals surface area (Å²) in [6, 6.07) is 12.6. The van der Waals surface area contributed by atoms with E-state index in [1.54, 1.807) is 38.5 Å². The molecule has 0 bridgehead atoms. The Bertz CT molecular complexity index is 1280. The monoisotopic (exact) mass is 465 g/mol. The number of carbonyl (C=O) groups is 2. The van der Waals surface area contributed by atoms with Crippen molar-refractivity contribution in [1.29, 1.82) is 0 Å². The molecule has 0 spiro atoms. The number of aromatic nitrogens is 3. The number of amides is 2. The predicted molar refractivity (Wildman–Crippen MR) is 126 cm³/mol. The Morgan fingerprint density at radius 1 is 1.09 bits per heavy atom. The summed E-state index contributed by atoms with van der Waals surface area (Å²) in [5.74, 6) is 0.179. The summed E-state index contributed by atoms with van der Waals surface area (Å²) < 4.78 is 10.3. The molecule has 0 aliphatic carbocycles. The number of aromatic amines is 1. The minimum Gasteiger partial charge on any atom is -0.497 e. The van der Waals surface area contributed by atoms with Crippen LogP contribution in [0.1, 0.15) is 30.7 Å². The van der Waals surface area contributed by atoms with E-state index >= 15 is 0 Å². The third-order valence-corrected chi connectivity index (χ3v) is 5.86. The van der Waals surface area contributed by atoms with E-state index in [9.17, 15) is 9.59 Å². The number of ether oxygens (including phenoxy) is 2. The van der Waals surface area contributed by atoms with Gasteiger partial charge in [0.25, 0.3) is 11.8 Å². The van der Waals surface area contributed by atoms with E-state index in [1.807, 2.05) is 24.4 Å². The second-order valence-electron chi connectivity index (χ2n) is 7.20. The van der Waals surface area contributed by atoms with E-state index in [0.717, 1.165) is 33.6 Å². The Hall–Kier alpha value is -3.76. The lowest BCUT2D eigenvalue weighted by Crippen LogP contribution is -2.25. The van der Waals surface area contributed by atoms with Crippen molar-refractivity contribution in [2.45, 2.75) is 13.0 Å². The molecule has 0 saturated carbocycles. The van der Waals surface area contributed by atoms with Crippen molar-refractivity contribution in [3.63, 3.8) is 0 Å². The molecule has 0 aliphatic rings. The van der Waals surface area contributed by atoms with Crippen LogP contribution in [-0.2, 0) is 17.8 Å². The van der Waals surface area contributed by atoms with Gasteiger partial charge < -0.3 is 25.1 Å². The molecule has 0 unspecified atom stereocenters. The average molecular weight is 466 g/mol. The topological polar surface area (TPSA) is 118 Å². The van der Waals surface area contributed by atoms with Gasteiger partial charge in [-0.25, -0.2) is 0 Å². The number of benzene rings is 2. The van der Waals surface area contributed by atoms with E-state index < -0.39 is 0 Å². The number of hydrogen-bond acceptors (Lipinski definition) is 7. The minimum absolute atomic E-state index is 0.221. The summed E-state index contributed by atoms with van der Waals surface area (Å²) in [6.07, 6.45) is 2.61. The lowest BCUT2D eigenvalue weighted by atomic mass is 10.1. The molecule has 2 aromatic carbocycles. The van der Waals surface area contributed by atoms with Gasteiger partial charge in [0.15, 0.2) is 0 Å². The fraction of sp³-hybridized carbons (Fsp3) is 0.217. The number of anilines is 1. The van der Waals surface area contributed by atoms with E-state index in [4.69, 9.17) is 9.47 Å². The number of nitrogens with zero attached hydrogens (tertiary/aromatic N) is 2. The van der Waals surface area contributed by atoms with Crippen LogP contribution in [-0.4, -0.2) is 47.8 Å². The van der Waals surface area contributed by atoms with Crippen LogP contribution in [0.15, 0.2) is 48.7 Å². The summed E-state index contributed by atoms with van der Waals surface area (Å²) in [6.45, 7) is 0.763. The number of rotatable bonds is 9. The number of methoxy groups -OCH3 is 2. The Morgan fingerprint density at radius 2 is 1.97 bits per heavy atom. The number of hydrogen-bond donors (Lipinski definition) is 3. The zero-order chi connectivity index (χ0) is 23.2. The van der Waals surface area contributed by atoms with Gasteiger partial charge in [-0.2, -0.15) is 0 Å². The molecule has 2 amide bonds. The Balaban J connectivity index is 1.35.